The third kappa shape index (κ3) is 2.66. The van der Waals surface area contributed by atoms with Gasteiger partial charge in [0.05, 0.1) is 11.6 Å². The van der Waals surface area contributed by atoms with Gasteiger partial charge in [-0.2, -0.15) is 5.21 Å². The molecule has 1 saturated heterocycles. The number of likely N-dealkylation sites (tertiary alicyclic amines) is 1. The number of H-pyrrole nitrogens is 1. The summed E-state index contributed by atoms with van der Waals surface area (Å²) in [7, 11) is 0. The van der Waals surface area contributed by atoms with Crippen molar-refractivity contribution in [1.82, 2.24) is 30.5 Å². The Morgan fingerprint density at radius 1 is 1.45 bits per heavy atom. The highest BCUT2D eigenvalue weighted by Crippen LogP contribution is 2.32. The van der Waals surface area contributed by atoms with Crippen LogP contribution >= 0.6 is 0 Å². The number of aromatic amines is 1. The lowest BCUT2D eigenvalue weighted by molar-refractivity contribution is 0.0170. The summed E-state index contributed by atoms with van der Waals surface area (Å²) in [5.41, 5.74) is -0.150. The van der Waals surface area contributed by atoms with Crippen molar-refractivity contribution in [2.24, 2.45) is 0 Å². The van der Waals surface area contributed by atoms with E-state index in [2.05, 4.69) is 25.6 Å². The van der Waals surface area contributed by atoms with Gasteiger partial charge in [0, 0.05) is 31.4 Å². The van der Waals surface area contributed by atoms with Gasteiger partial charge in [-0.05, 0) is 18.9 Å². The van der Waals surface area contributed by atoms with Gasteiger partial charge in [0.15, 0.2) is 5.82 Å². The standard InChI is InChI=1S/C13H14F2N6O/c1-13(14,15)9-5-8(6-16-7-9)12(22)21-4-2-3-10(21)11-17-19-20-18-11/h5-7,10H,2-4H2,1H3,(H,17,18,19,20). The number of alkyl halides is 2. The molecular formula is C13H14F2N6O. The second-order valence-corrected chi connectivity index (χ2v) is 5.28. The fraction of sp³-hybridized carbons (Fsp3) is 0.462. The monoisotopic (exact) mass is 308 g/mol. The van der Waals surface area contributed by atoms with Crippen LogP contribution in [0.5, 0.6) is 0 Å². The van der Waals surface area contributed by atoms with Crippen molar-refractivity contribution < 1.29 is 13.6 Å². The average molecular weight is 308 g/mol. The Morgan fingerprint density at radius 2 is 2.27 bits per heavy atom. The summed E-state index contributed by atoms with van der Waals surface area (Å²) in [6.45, 7) is 1.29. The molecule has 22 heavy (non-hydrogen) atoms. The first kappa shape index (κ1) is 14.5. The van der Waals surface area contributed by atoms with Gasteiger partial charge < -0.3 is 4.90 Å². The lowest BCUT2D eigenvalue weighted by Gasteiger charge is -2.22. The molecule has 0 radical (unpaired) electrons. The predicted molar refractivity (Wildman–Crippen MR) is 71.0 cm³/mol. The number of halogens is 2. The summed E-state index contributed by atoms with van der Waals surface area (Å²) >= 11 is 0. The summed E-state index contributed by atoms with van der Waals surface area (Å²) in [4.78, 5) is 17.9. The zero-order valence-electron chi connectivity index (χ0n) is 11.8. The summed E-state index contributed by atoms with van der Waals surface area (Å²) in [6, 6.07) is 0.887. The number of rotatable bonds is 3. The predicted octanol–water partition coefficient (Wildman–Crippen LogP) is 1.68. The van der Waals surface area contributed by atoms with Gasteiger partial charge in [0.1, 0.15) is 0 Å². The van der Waals surface area contributed by atoms with Gasteiger partial charge in [-0.25, -0.2) is 8.78 Å². The summed E-state index contributed by atoms with van der Waals surface area (Å²) < 4.78 is 26.8. The second-order valence-electron chi connectivity index (χ2n) is 5.28. The van der Waals surface area contributed by atoms with E-state index in [4.69, 9.17) is 0 Å². The van der Waals surface area contributed by atoms with Crippen LogP contribution < -0.4 is 0 Å². The molecule has 3 heterocycles. The molecule has 1 atom stereocenters. The van der Waals surface area contributed by atoms with Crippen LogP contribution in [-0.2, 0) is 5.92 Å². The summed E-state index contributed by atoms with van der Waals surface area (Å²) in [6.07, 6.45) is 3.87. The lowest BCUT2D eigenvalue weighted by atomic mass is 10.1. The van der Waals surface area contributed by atoms with Crippen molar-refractivity contribution in [3.8, 4) is 0 Å². The van der Waals surface area contributed by atoms with E-state index in [1.165, 1.54) is 12.3 Å². The molecule has 1 aliphatic heterocycles. The SMILES string of the molecule is CC(F)(F)c1cncc(C(=O)N2CCCC2c2nn[nH]n2)c1. The van der Waals surface area contributed by atoms with Crippen LogP contribution in [0, 0.1) is 0 Å². The normalized spacial score (nSPS) is 18.7. The van der Waals surface area contributed by atoms with Gasteiger partial charge in [-0.3, -0.25) is 9.78 Å². The van der Waals surface area contributed by atoms with E-state index in [0.29, 0.717) is 18.8 Å². The molecule has 2 aromatic heterocycles. The molecule has 116 valence electrons. The fourth-order valence-corrected chi connectivity index (χ4v) is 2.55. The van der Waals surface area contributed by atoms with Crippen LogP contribution in [0.15, 0.2) is 18.5 Å². The number of hydrogen-bond acceptors (Lipinski definition) is 5. The lowest BCUT2D eigenvalue weighted by Crippen LogP contribution is -2.31. The molecule has 2 aromatic rings. The number of carbonyl (C=O) groups is 1. The summed E-state index contributed by atoms with van der Waals surface area (Å²) in [5.74, 6) is -2.97. The van der Waals surface area contributed by atoms with E-state index in [0.717, 1.165) is 19.5 Å². The molecule has 0 saturated carbocycles. The third-order valence-electron chi connectivity index (χ3n) is 3.67. The Balaban J connectivity index is 1.87. The number of aromatic nitrogens is 5. The molecule has 0 spiro atoms. The molecule has 0 aliphatic carbocycles. The number of pyridine rings is 1. The van der Waals surface area contributed by atoms with Crippen LogP contribution in [0.1, 0.15) is 47.6 Å². The highest BCUT2D eigenvalue weighted by molar-refractivity contribution is 5.94. The fourth-order valence-electron chi connectivity index (χ4n) is 2.55. The van der Waals surface area contributed by atoms with Crippen LogP contribution in [-0.4, -0.2) is 43.0 Å². The maximum absolute atomic E-state index is 13.4. The Kier molecular flexibility index (Phi) is 3.55. The van der Waals surface area contributed by atoms with E-state index >= 15 is 0 Å². The van der Waals surface area contributed by atoms with Gasteiger partial charge in [0.25, 0.3) is 11.8 Å². The zero-order valence-corrected chi connectivity index (χ0v) is 11.8. The van der Waals surface area contributed by atoms with Crippen LogP contribution in [0.4, 0.5) is 8.78 Å². The Hall–Kier alpha value is -2.45. The number of nitrogens with zero attached hydrogens (tertiary/aromatic N) is 5. The van der Waals surface area contributed by atoms with Crippen LogP contribution in [0.2, 0.25) is 0 Å². The maximum atomic E-state index is 13.4. The Morgan fingerprint density at radius 3 is 2.95 bits per heavy atom. The van der Waals surface area contributed by atoms with Crippen molar-refractivity contribution in [3.63, 3.8) is 0 Å². The molecule has 1 amide bonds. The van der Waals surface area contributed by atoms with Gasteiger partial charge in [0.2, 0.25) is 0 Å². The van der Waals surface area contributed by atoms with E-state index in [9.17, 15) is 13.6 Å². The first-order valence-electron chi connectivity index (χ1n) is 6.84. The second kappa shape index (κ2) is 5.39. The molecule has 3 rings (SSSR count). The topological polar surface area (TPSA) is 87.7 Å². The molecule has 0 aromatic carbocycles. The van der Waals surface area contributed by atoms with Gasteiger partial charge in [-0.15, -0.1) is 10.2 Å². The molecular weight excluding hydrogens is 294 g/mol. The van der Waals surface area contributed by atoms with Crippen molar-refractivity contribution in [1.29, 1.82) is 0 Å². The maximum Gasteiger partial charge on any atom is 0.272 e. The van der Waals surface area contributed by atoms with E-state index in [1.807, 2.05) is 0 Å². The number of amides is 1. The average Bonchev–Trinajstić information content (AvgIpc) is 3.16. The minimum Gasteiger partial charge on any atom is -0.328 e. The number of hydrogen-bond donors (Lipinski definition) is 1. The number of carbonyl (C=O) groups excluding carboxylic acids is 1. The highest BCUT2D eigenvalue weighted by Gasteiger charge is 2.34. The molecule has 1 aliphatic rings. The Bertz CT molecular complexity index is 669. The van der Waals surface area contributed by atoms with Crippen LogP contribution in [0.3, 0.4) is 0 Å². The largest absolute Gasteiger partial charge is 0.328 e. The Labute approximate surface area is 124 Å². The molecule has 1 fully saturated rings. The highest BCUT2D eigenvalue weighted by atomic mass is 19.3. The first-order chi connectivity index (χ1) is 10.5. The summed E-state index contributed by atoms with van der Waals surface area (Å²) in [5, 5.41) is 13.7. The van der Waals surface area contributed by atoms with Gasteiger partial charge >= 0.3 is 0 Å². The number of tetrazole rings is 1. The van der Waals surface area contributed by atoms with E-state index in [1.54, 1.807) is 4.90 Å². The van der Waals surface area contributed by atoms with E-state index in [-0.39, 0.29) is 23.1 Å². The molecule has 9 heteroatoms. The number of nitrogens with one attached hydrogen (secondary N) is 1. The van der Waals surface area contributed by atoms with Crippen molar-refractivity contribution >= 4 is 5.91 Å². The molecule has 0 bridgehead atoms. The minimum absolute atomic E-state index is 0.134. The third-order valence-corrected chi connectivity index (χ3v) is 3.67. The molecule has 1 unspecified atom stereocenters. The minimum atomic E-state index is -3.04. The smallest absolute Gasteiger partial charge is 0.272 e. The van der Waals surface area contributed by atoms with Crippen molar-refractivity contribution in [2.45, 2.75) is 31.7 Å². The zero-order chi connectivity index (χ0) is 15.7. The quantitative estimate of drug-likeness (QED) is 0.932. The van der Waals surface area contributed by atoms with Crippen molar-refractivity contribution in [3.05, 3.63) is 35.4 Å². The first-order valence-corrected chi connectivity index (χ1v) is 6.84. The molecule has 7 nitrogen and oxygen atoms in total. The van der Waals surface area contributed by atoms with Gasteiger partial charge in [-0.1, -0.05) is 5.21 Å². The van der Waals surface area contributed by atoms with E-state index < -0.39 is 5.92 Å². The van der Waals surface area contributed by atoms with Crippen LogP contribution in [0.25, 0.3) is 0 Å². The molecule has 1 N–H and O–H groups in total. The van der Waals surface area contributed by atoms with Crippen molar-refractivity contribution in [2.75, 3.05) is 6.54 Å².